The van der Waals surface area contributed by atoms with Crippen molar-refractivity contribution in [3.8, 4) is 0 Å². The first kappa shape index (κ1) is 50.0. The minimum atomic E-state index is -1.59. The summed E-state index contributed by atoms with van der Waals surface area (Å²) in [5.41, 5.74) is 5.66. The van der Waals surface area contributed by atoms with Gasteiger partial charge in [0.2, 0.25) is 0 Å². The first-order valence-corrected chi connectivity index (χ1v) is 21.9. The van der Waals surface area contributed by atoms with E-state index in [1.54, 1.807) is 0 Å². The fraction of sp³-hybridized carbons (Fsp3) is 0.907. The van der Waals surface area contributed by atoms with E-state index < -0.39 is 23.9 Å². The van der Waals surface area contributed by atoms with Gasteiger partial charge in [-0.25, -0.2) is 4.79 Å². The average Bonchev–Trinajstić information content (AvgIpc) is 3.13. The number of nitrogens with two attached hydrogens (primary N) is 1. The van der Waals surface area contributed by atoms with Gasteiger partial charge in [0.25, 0.3) is 5.78 Å². The highest BCUT2D eigenvalue weighted by atomic mass is 16.6. The van der Waals surface area contributed by atoms with Crippen molar-refractivity contribution in [3.63, 3.8) is 0 Å². The Balaban J connectivity index is 4.15. The highest BCUT2D eigenvalue weighted by molar-refractivity contribution is 6.34. The SMILES string of the molecule is CCCCCCCCCCCCCCCCCC(=O)OCC(CNCC(N)C(=O)C(=O)O)OC(=O)CCCCCCCCCCCCCCCCC. The molecule has 0 aliphatic rings. The molecule has 0 saturated heterocycles. The maximum Gasteiger partial charge on any atom is 0.373 e. The fourth-order valence-electron chi connectivity index (χ4n) is 6.57. The van der Waals surface area contributed by atoms with Crippen molar-refractivity contribution in [3.05, 3.63) is 0 Å². The van der Waals surface area contributed by atoms with Crippen LogP contribution in [0, 0.1) is 0 Å². The van der Waals surface area contributed by atoms with Gasteiger partial charge in [-0.05, 0) is 12.8 Å². The lowest BCUT2D eigenvalue weighted by molar-refractivity contribution is -0.159. The number of unbranched alkanes of at least 4 members (excludes halogenated alkanes) is 28. The van der Waals surface area contributed by atoms with Crippen LogP contribution in [0.25, 0.3) is 0 Å². The van der Waals surface area contributed by atoms with Crippen LogP contribution in [0.5, 0.6) is 0 Å². The Morgan fingerprint density at radius 3 is 1.17 bits per heavy atom. The number of hydrogen-bond acceptors (Lipinski definition) is 8. The number of esters is 2. The molecule has 0 amide bonds. The number of carbonyl (C=O) groups is 4. The van der Waals surface area contributed by atoms with Gasteiger partial charge in [0, 0.05) is 25.9 Å². The monoisotopic (exact) mass is 739 g/mol. The van der Waals surface area contributed by atoms with Crippen LogP contribution >= 0.6 is 0 Å². The zero-order valence-corrected chi connectivity index (χ0v) is 33.9. The number of carboxylic acid groups (broad SMARTS) is 1. The van der Waals surface area contributed by atoms with Crippen molar-refractivity contribution in [1.82, 2.24) is 5.32 Å². The summed E-state index contributed by atoms with van der Waals surface area (Å²) in [4.78, 5) is 47.5. The molecule has 0 aromatic heterocycles. The van der Waals surface area contributed by atoms with E-state index in [1.165, 1.54) is 154 Å². The van der Waals surface area contributed by atoms with Gasteiger partial charge in [-0.2, -0.15) is 0 Å². The largest absolute Gasteiger partial charge is 0.475 e. The minimum absolute atomic E-state index is 0.0920. The number of carbonyl (C=O) groups excluding carboxylic acids is 3. The Labute approximate surface area is 319 Å². The van der Waals surface area contributed by atoms with Crippen LogP contribution in [-0.2, 0) is 28.7 Å². The minimum Gasteiger partial charge on any atom is -0.475 e. The Kier molecular flexibility index (Phi) is 37.2. The molecule has 2 atom stereocenters. The van der Waals surface area contributed by atoms with E-state index in [1.807, 2.05) is 0 Å². The van der Waals surface area contributed by atoms with Crippen LogP contribution < -0.4 is 11.1 Å². The van der Waals surface area contributed by atoms with Crippen LogP contribution in [-0.4, -0.2) is 60.6 Å². The second-order valence-electron chi connectivity index (χ2n) is 15.1. The van der Waals surface area contributed by atoms with Gasteiger partial charge in [0.15, 0.2) is 0 Å². The van der Waals surface area contributed by atoms with Crippen molar-refractivity contribution in [2.75, 3.05) is 19.7 Å². The van der Waals surface area contributed by atoms with Crippen molar-refractivity contribution in [2.45, 2.75) is 231 Å². The number of nitrogens with one attached hydrogen (secondary N) is 1. The summed E-state index contributed by atoms with van der Waals surface area (Å²) < 4.78 is 11.1. The van der Waals surface area contributed by atoms with Crippen molar-refractivity contribution in [2.24, 2.45) is 5.73 Å². The lowest BCUT2D eigenvalue weighted by Gasteiger charge is -2.19. The van der Waals surface area contributed by atoms with E-state index >= 15 is 0 Å². The number of hydrogen-bond donors (Lipinski definition) is 3. The van der Waals surface area contributed by atoms with E-state index in [-0.39, 0.29) is 31.6 Å². The number of aliphatic carboxylic acids is 1. The van der Waals surface area contributed by atoms with Gasteiger partial charge in [-0.1, -0.05) is 194 Å². The van der Waals surface area contributed by atoms with Gasteiger partial charge in [-0.3, -0.25) is 14.4 Å². The molecule has 2 unspecified atom stereocenters. The van der Waals surface area contributed by atoms with Crippen molar-refractivity contribution < 1.29 is 33.8 Å². The molecule has 0 aromatic carbocycles. The van der Waals surface area contributed by atoms with Crippen LogP contribution in [0.4, 0.5) is 0 Å². The fourth-order valence-corrected chi connectivity index (χ4v) is 6.57. The molecule has 0 aromatic rings. The standard InChI is InChI=1S/C43H82N2O7/c1-3-5-7-9-11-13-15-17-19-21-23-25-27-29-31-33-40(46)51-37-38(35-45-36-39(44)42(48)43(49)50)52-41(47)34-32-30-28-26-24-22-20-18-16-14-12-10-8-6-4-2/h38-39,45H,3-37,44H2,1-2H3,(H,49,50). The molecule has 0 aliphatic carbocycles. The Hall–Kier alpha value is -2.00. The molecule has 0 heterocycles. The average molecular weight is 739 g/mol. The summed E-state index contributed by atoms with van der Waals surface area (Å²) in [5, 5.41) is 11.8. The van der Waals surface area contributed by atoms with E-state index in [9.17, 15) is 19.2 Å². The lowest BCUT2D eigenvalue weighted by Crippen LogP contribution is -2.46. The molecule has 0 fully saturated rings. The van der Waals surface area contributed by atoms with Gasteiger partial charge < -0.3 is 25.6 Å². The summed E-state index contributed by atoms with van der Waals surface area (Å²) in [5.74, 6) is -3.36. The Morgan fingerprint density at radius 2 is 0.827 bits per heavy atom. The lowest BCUT2D eigenvalue weighted by atomic mass is 10.0. The summed E-state index contributed by atoms with van der Waals surface area (Å²) in [6.07, 6.45) is 37.5. The van der Waals surface area contributed by atoms with E-state index in [0.29, 0.717) is 12.8 Å². The highest BCUT2D eigenvalue weighted by Gasteiger charge is 2.22. The normalized spacial score (nSPS) is 12.4. The highest BCUT2D eigenvalue weighted by Crippen LogP contribution is 2.16. The van der Waals surface area contributed by atoms with Crippen molar-refractivity contribution >= 4 is 23.7 Å². The predicted molar refractivity (Wildman–Crippen MR) is 213 cm³/mol. The third-order valence-electron chi connectivity index (χ3n) is 9.98. The van der Waals surface area contributed by atoms with Crippen LogP contribution in [0.15, 0.2) is 0 Å². The van der Waals surface area contributed by atoms with Gasteiger partial charge >= 0.3 is 17.9 Å². The zero-order chi connectivity index (χ0) is 38.3. The topological polar surface area (TPSA) is 145 Å². The molecule has 0 spiro atoms. The number of ketones is 1. The molecule has 9 nitrogen and oxygen atoms in total. The third kappa shape index (κ3) is 35.1. The first-order valence-electron chi connectivity index (χ1n) is 21.9. The van der Waals surface area contributed by atoms with E-state index in [0.717, 1.165) is 38.5 Å². The number of Topliss-reactive ketones (excluding diaryl/α,β-unsaturated/α-hetero) is 1. The molecule has 306 valence electrons. The molecular weight excluding hydrogens is 656 g/mol. The van der Waals surface area contributed by atoms with Crippen LogP contribution in [0.3, 0.4) is 0 Å². The summed E-state index contributed by atoms with van der Waals surface area (Å²) >= 11 is 0. The van der Waals surface area contributed by atoms with Crippen LogP contribution in [0.1, 0.15) is 219 Å². The summed E-state index contributed by atoms with van der Waals surface area (Å²) in [6, 6.07) is -1.22. The summed E-state index contributed by atoms with van der Waals surface area (Å²) in [7, 11) is 0. The molecule has 0 saturated carbocycles. The van der Waals surface area contributed by atoms with E-state index in [2.05, 4.69) is 19.2 Å². The smallest absolute Gasteiger partial charge is 0.373 e. The Morgan fingerprint density at radius 1 is 0.500 bits per heavy atom. The molecule has 52 heavy (non-hydrogen) atoms. The third-order valence-corrected chi connectivity index (χ3v) is 9.98. The maximum absolute atomic E-state index is 12.6. The van der Waals surface area contributed by atoms with Gasteiger partial charge in [-0.15, -0.1) is 0 Å². The molecule has 0 radical (unpaired) electrons. The molecular formula is C43H82N2O7. The predicted octanol–water partition coefficient (Wildman–Crippen LogP) is 10.5. The second-order valence-corrected chi connectivity index (χ2v) is 15.1. The molecule has 4 N–H and O–H groups in total. The maximum atomic E-state index is 12.6. The Bertz CT molecular complexity index is 853. The summed E-state index contributed by atoms with van der Waals surface area (Å²) in [6.45, 7) is 4.42. The molecule has 0 bridgehead atoms. The van der Waals surface area contributed by atoms with E-state index in [4.69, 9.17) is 20.3 Å². The molecule has 0 aliphatic heterocycles. The zero-order valence-electron chi connectivity index (χ0n) is 33.9. The second kappa shape index (κ2) is 38.7. The van der Waals surface area contributed by atoms with Crippen LogP contribution in [0.2, 0.25) is 0 Å². The quantitative estimate of drug-likeness (QED) is 0.0317. The first-order chi connectivity index (χ1) is 25.3. The van der Waals surface area contributed by atoms with Crippen molar-refractivity contribution in [1.29, 1.82) is 0 Å². The number of carboxylic acids is 1. The van der Waals surface area contributed by atoms with Gasteiger partial charge in [0.1, 0.15) is 12.7 Å². The molecule has 0 rings (SSSR count). The van der Waals surface area contributed by atoms with Gasteiger partial charge in [0.05, 0.1) is 6.04 Å². The molecule has 9 heteroatoms. The number of rotatable bonds is 41. The number of ether oxygens (including phenoxy) is 2.